The average Bonchev–Trinajstić information content (AvgIpc) is 3.00. The van der Waals surface area contributed by atoms with Crippen LogP contribution in [0.25, 0.3) is 10.8 Å². The van der Waals surface area contributed by atoms with E-state index in [0.717, 1.165) is 31.6 Å². The van der Waals surface area contributed by atoms with Crippen molar-refractivity contribution in [3.05, 3.63) is 42.5 Å². The molecular formula is C25H30O4S. The third kappa shape index (κ3) is 2.97. The predicted octanol–water partition coefficient (Wildman–Crippen LogP) is 5.79. The van der Waals surface area contributed by atoms with Gasteiger partial charge < -0.3 is 9.47 Å². The molecule has 4 nitrogen and oxygen atoms in total. The molecule has 1 aliphatic carbocycles. The van der Waals surface area contributed by atoms with E-state index in [0.29, 0.717) is 23.7 Å². The van der Waals surface area contributed by atoms with Crippen molar-refractivity contribution in [2.45, 2.75) is 62.1 Å². The molecule has 2 aromatic carbocycles. The van der Waals surface area contributed by atoms with Crippen LogP contribution in [0.1, 0.15) is 39.5 Å². The van der Waals surface area contributed by atoms with Gasteiger partial charge in [0.1, 0.15) is 0 Å². The Morgan fingerprint density at radius 3 is 2.77 bits per heavy atom. The summed E-state index contributed by atoms with van der Waals surface area (Å²) in [4.78, 5) is 13.5. The summed E-state index contributed by atoms with van der Waals surface area (Å²) >= 11 is 1.94. The smallest absolute Gasteiger partial charge is 0.201 e. The molecule has 7 rings (SSSR count). The quantitative estimate of drug-likeness (QED) is 0.458. The Balaban J connectivity index is 1.26. The van der Waals surface area contributed by atoms with Gasteiger partial charge in [0.05, 0.1) is 6.61 Å². The number of benzene rings is 2. The Bertz CT molecular complexity index is 950. The van der Waals surface area contributed by atoms with Crippen LogP contribution in [-0.2, 0) is 19.2 Å². The van der Waals surface area contributed by atoms with E-state index in [2.05, 4.69) is 49.4 Å². The van der Waals surface area contributed by atoms with Crippen LogP contribution < -0.4 is 0 Å². The van der Waals surface area contributed by atoms with Crippen LogP contribution in [0.3, 0.4) is 0 Å². The highest BCUT2D eigenvalue weighted by Crippen LogP contribution is 2.60. The van der Waals surface area contributed by atoms with E-state index < -0.39 is 11.4 Å². The van der Waals surface area contributed by atoms with Crippen LogP contribution in [0.15, 0.2) is 47.4 Å². The number of hydrogen-bond acceptors (Lipinski definition) is 5. The van der Waals surface area contributed by atoms with Crippen molar-refractivity contribution in [3.63, 3.8) is 0 Å². The summed E-state index contributed by atoms with van der Waals surface area (Å²) in [5.74, 6) is 2.23. The Hall–Kier alpha value is -1.11. The topological polar surface area (TPSA) is 36.9 Å². The van der Waals surface area contributed by atoms with Crippen molar-refractivity contribution >= 4 is 22.5 Å². The molecule has 1 spiro atoms. The third-order valence-electron chi connectivity index (χ3n) is 7.99. The normalized spacial score (nSPS) is 42.7. The van der Waals surface area contributed by atoms with E-state index in [1.165, 1.54) is 22.1 Å². The van der Waals surface area contributed by atoms with E-state index in [9.17, 15) is 0 Å². The molecule has 160 valence electrons. The number of rotatable bonds is 3. The summed E-state index contributed by atoms with van der Waals surface area (Å²) in [7, 11) is 0. The van der Waals surface area contributed by atoms with Gasteiger partial charge in [-0.15, -0.1) is 11.8 Å². The van der Waals surface area contributed by atoms with Gasteiger partial charge in [-0.1, -0.05) is 37.3 Å². The molecule has 5 aliphatic rings. The molecule has 0 aromatic heterocycles. The number of hydrogen-bond donors (Lipinski definition) is 0. The number of ether oxygens (including phenoxy) is 2. The monoisotopic (exact) mass is 426 g/mol. The van der Waals surface area contributed by atoms with Crippen LogP contribution in [0.4, 0.5) is 0 Å². The average molecular weight is 427 g/mol. The maximum absolute atomic E-state index is 6.37. The van der Waals surface area contributed by atoms with Crippen LogP contribution in [0.5, 0.6) is 0 Å². The van der Waals surface area contributed by atoms with Gasteiger partial charge in [-0.3, -0.25) is 0 Å². The van der Waals surface area contributed by atoms with Gasteiger partial charge in [-0.2, -0.15) is 0 Å². The molecule has 0 N–H and O–H groups in total. The van der Waals surface area contributed by atoms with Crippen molar-refractivity contribution in [2.24, 2.45) is 23.7 Å². The van der Waals surface area contributed by atoms with Crippen molar-refractivity contribution in [3.8, 4) is 0 Å². The van der Waals surface area contributed by atoms with Crippen LogP contribution in [-0.4, -0.2) is 30.0 Å². The highest BCUT2D eigenvalue weighted by atomic mass is 32.2. The zero-order valence-electron chi connectivity index (χ0n) is 17.7. The SMILES string of the molecule is C[C@H]1CC[C@H]2[C@@H](CSc3ccc4ccccc4c3)CO[C@@H]3O[C@@]4(C)CC[C@@H]1[C@@]32OO4. The molecule has 0 radical (unpaired) electrons. The molecule has 2 aromatic rings. The molecule has 7 atom stereocenters. The van der Waals surface area contributed by atoms with Gasteiger partial charge in [0.2, 0.25) is 5.79 Å². The number of thioether (sulfide) groups is 1. The minimum absolute atomic E-state index is 0.307. The summed E-state index contributed by atoms with van der Waals surface area (Å²) in [5.41, 5.74) is -0.458. The fourth-order valence-electron chi connectivity index (χ4n) is 6.35. The molecule has 1 saturated carbocycles. The van der Waals surface area contributed by atoms with Gasteiger partial charge in [0, 0.05) is 23.0 Å². The van der Waals surface area contributed by atoms with E-state index in [4.69, 9.17) is 19.2 Å². The first-order valence-corrected chi connectivity index (χ1v) is 12.3. The molecule has 0 unspecified atom stereocenters. The van der Waals surface area contributed by atoms with Gasteiger partial charge in [-0.05, 0) is 66.8 Å². The highest BCUT2D eigenvalue weighted by Gasteiger charge is 2.68. The molecule has 30 heavy (non-hydrogen) atoms. The standard InChI is InChI=1S/C25H30O4S/c1-16-7-10-22-19(15-30-20-9-8-17-5-3-4-6-18(17)13-20)14-26-23-25(22)21(16)11-12-24(2,27-23)28-29-25/h3-6,8-9,13,16,19,21-23H,7,10-12,14-15H2,1-2H3/t16-,19+,21-,22-,23+,24+,25-/m0/s1. The minimum atomic E-state index is -0.676. The summed E-state index contributed by atoms with van der Waals surface area (Å²) < 4.78 is 12.7. The Labute approximate surface area is 182 Å². The zero-order valence-corrected chi connectivity index (χ0v) is 18.5. The molecule has 4 heterocycles. The van der Waals surface area contributed by atoms with Crippen LogP contribution in [0.2, 0.25) is 0 Å². The van der Waals surface area contributed by atoms with E-state index in [1.54, 1.807) is 0 Å². The third-order valence-corrected chi connectivity index (χ3v) is 9.17. The molecule has 2 bridgehead atoms. The maximum Gasteiger partial charge on any atom is 0.201 e. The van der Waals surface area contributed by atoms with Crippen LogP contribution >= 0.6 is 11.8 Å². The predicted molar refractivity (Wildman–Crippen MR) is 117 cm³/mol. The second kappa shape index (κ2) is 7.21. The molecule has 0 amide bonds. The molecular weight excluding hydrogens is 396 g/mol. The fourth-order valence-corrected chi connectivity index (χ4v) is 7.46. The summed E-state index contributed by atoms with van der Waals surface area (Å²) in [6.45, 7) is 5.09. The van der Waals surface area contributed by atoms with Gasteiger partial charge >= 0.3 is 0 Å². The molecule has 5 fully saturated rings. The second-order valence-electron chi connectivity index (χ2n) is 9.82. The van der Waals surface area contributed by atoms with Crippen molar-refractivity contribution in [1.29, 1.82) is 0 Å². The lowest BCUT2D eigenvalue weighted by molar-refractivity contribution is -0.566. The Morgan fingerprint density at radius 2 is 1.87 bits per heavy atom. The molecule has 4 aliphatic heterocycles. The summed E-state index contributed by atoms with van der Waals surface area (Å²) in [6.07, 6.45) is 4.05. The molecule has 4 saturated heterocycles. The van der Waals surface area contributed by atoms with Crippen molar-refractivity contribution < 1.29 is 19.2 Å². The van der Waals surface area contributed by atoms with Crippen LogP contribution in [0, 0.1) is 23.7 Å². The minimum Gasteiger partial charge on any atom is -0.349 e. The molecule has 5 heteroatoms. The second-order valence-corrected chi connectivity index (χ2v) is 10.9. The fraction of sp³-hybridized carbons (Fsp3) is 0.600. The van der Waals surface area contributed by atoms with Crippen molar-refractivity contribution in [2.75, 3.05) is 12.4 Å². The van der Waals surface area contributed by atoms with E-state index in [-0.39, 0.29) is 6.29 Å². The maximum atomic E-state index is 6.37. The van der Waals surface area contributed by atoms with Gasteiger partial charge in [0.15, 0.2) is 11.9 Å². The van der Waals surface area contributed by atoms with Crippen molar-refractivity contribution in [1.82, 2.24) is 0 Å². The lowest BCUT2D eigenvalue weighted by atomic mass is 9.58. The van der Waals surface area contributed by atoms with E-state index >= 15 is 0 Å². The van der Waals surface area contributed by atoms with Gasteiger partial charge in [-0.25, -0.2) is 9.78 Å². The largest absolute Gasteiger partial charge is 0.349 e. The lowest BCUT2D eigenvalue weighted by Crippen LogP contribution is -2.69. The summed E-state index contributed by atoms with van der Waals surface area (Å²) in [5, 5.41) is 2.59. The first-order valence-electron chi connectivity index (χ1n) is 11.4. The van der Waals surface area contributed by atoms with E-state index in [1.807, 2.05) is 18.7 Å². The lowest BCUT2D eigenvalue weighted by Gasteiger charge is -2.59. The summed E-state index contributed by atoms with van der Waals surface area (Å²) in [6, 6.07) is 15.3. The Kier molecular flexibility index (Phi) is 4.70. The first-order chi connectivity index (χ1) is 14.6. The first kappa shape index (κ1) is 19.6. The zero-order chi connectivity index (χ0) is 20.3. The Morgan fingerprint density at radius 1 is 1.00 bits per heavy atom. The highest BCUT2D eigenvalue weighted by molar-refractivity contribution is 7.99. The van der Waals surface area contributed by atoms with Gasteiger partial charge in [0.25, 0.3) is 0 Å². The number of fused-ring (bicyclic) bond motifs is 3.